The molecule has 0 unspecified atom stereocenters. The third kappa shape index (κ3) is 2.45. The topological polar surface area (TPSA) is 0 Å². The number of hydrogen-bond donors (Lipinski definition) is 0. The van der Waals surface area contributed by atoms with Crippen LogP contribution in [0.1, 0.15) is 25.0 Å². The second kappa shape index (κ2) is 4.76. The molecule has 0 spiro atoms. The van der Waals surface area contributed by atoms with Gasteiger partial charge in [-0.05, 0) is 42.6 Å². The zero-order valence-corrected chi connectivity index (χ0v) is 10.9. The van der Waals surface area contributed by atoms with E-state index in [1.807, 2.05) is 0 Å². The molecule has 14 heavy (non-hydrogen) atoms. The molecule has 1 aromatic rings. The monoisotopic (exact) mass is 214 g/mol. The normalized spacial score (nSPS) is 13.0. The molecule has 0 aliphatic heterocycles. The van der Waals surface area contributed by atoms with Crippen LogP contribution in [-0.4, -0.2) is 20.5 Å². The van der Waals surface area contributed by atoms with Crippen molar-refractivity contribution in [1.29, 1.82) is 0 Å². The van der Waals surface area contributed by atoms with Crippen LogP contribution in [0.4, 0.5) is 0 Å². The molecule has 1 aromatic carbocycles. The molecule has 0 atom stereocenters. The van der Waals surface area contributed by atoms with Crippen LogP contribution in [0.5, 0.6) is 0 Å². The van der Waals surface area contributed by atoms with Crippen molar-refractivity contribution in [3.8, 4) is 0 Å². The van der Waals surface area contributed by atoms with Crippen LogP contribution in [0.3, 0.4) is 0 Å². The van der Waals surface area contributed by atoms with E-state index in [4.69, 9.17) is 0 Å². The zero-order chi connectivity index (χ0) is 10.7. The Kier molecular flexibility index (Phi) is 3.90. The Morgan fingerprint density at radius 2 is 1.71 bits per heavy atom. The van der Waals surface area contributed by atoms with E-state index in [9.17, 15) is 0 Å². The van der Waals surface area contributed by atoms with Gasteiger partial charge >= 0.3 is 0 Å². The molecular formula is C12H14Si2. The maximum Gasteiger partial charge on any atom is 0.0275 e. The van der Waals surface area contributed by atoms with E-state index < -0.39 is 0 Å². The summed E-state index contributed by atoms with van der Waals surface area (Å²) in [5.41, 5.74) is 5.29. The van der Waals surface area contributed by atoms with Gasteiger partial charge in [0.15, 0.2) is 0 Å². The van der Waals surface area contributed by atoms with Crippen molar-refractivity contribution < 1.29 is 0 Å². The van der Waals surface area contributed by atoms with Gasteiger partial charge in [-0.25, -0.2) is 0 Å². The summed E-state index contributed by atoms with van der Waals surface area (Å²) in [6.45, 7) is 6.43. The summed E-state index contributed by atoms with van der Waals surface area (Å²) in [6, 6.07) is 8.45. The molecule has 0 saturated heterocycles. The molecule has 0 nitrogen and oxygen atoms in total. The van der Waals surface area contributed by atoms with Crippen molar-refractivity contribution in [2.45, 2.75) is 25.9 Å². The maximum absolute atomic E-state index is 3.57. The van der Waals surface area contributed by atoms with Crippen molar-refractivity contribution in [3.63, 3.8) is 0 Å². The summed E-state index contributed by atoms with van der Waals surface area (Å²) in [5.74, 6) is 0. The summed E-state index contributed by atoms with van der Waals surface area (Å²) < 4.78 is 0. The highest BCUT2D eigenvalue weighted by atomic mass is 28.2. The van der Waals surface area contributed by atoms with Gasteiger partial charge < -0.3 is 0 Å². The van der Waals surface area contributed by atoms with Crippen LogP contribution in [0, 0.1) is 6.92 Å². The highest BCUT2D eigenvalue weighted by molar-refractivity contribution is 6.37. The van der Waals surface area contributed by atoms with Gasteiger partial charge in [0.2, 0.25) is 0 Å². The van der Waals surface area contributed by atoms with Gasteiger partial charge in [0.1, 0.15) is 0 Å². The lowest BCUT2D eigenvalue weighted by molar-refractivity contribution is 1.28. The van der Waals surface area contributed by atoms with E-state index in [1.165, 1.54) is 22.3 Å². The Hall–Kier alpha value is -0.606. The zero-order valence-electron chi connectivity index (χ0n) is 8.89. The lowest BCUT2D eigenvalue weighted by atomic mass is 9.99. The smallest absolute Gasteiger partial charge is 0.0275 e. The molecule has 0 aliphatic carbocycles. The SMILES string of the molecule is CC(=C(C)C([Si])[Si])c1ccccc1C. The first-order chi connectivity index (χ1) is 6.54. The lowest BCUT2D eigenvalue weighted by Crippen LogP contribution is -1.97. The number of aryl methyl sites for hydroxylation is 1. The molecular weight excluding hydrogens is 200 g/mol. The summed E-state index contributed by atoms with van der Waals surface area (Å²) in [4.78, 5) is 0. The van der Waals surface area contributed by atoms with Crippen molar-refractivity contribution in [1.82, 2.24) is 0 Å². The number of allylic oxidation sites excluding steroid dienone is 2. The van der Waals surface area contributed by atoms with Gasteiger partial charge in [-0.2, -0.15) is 0 Å². The first-order valence-corrected chi connectivity index (χ1v) is 5.85. The fourth-order valence-electron chi connectivity index (χ4n) is 1.42. The minimum absolute atomic E-state index is 0.245. The highest BCUT2D eigenvalue weighted by Gasteiger charge is 2.05. The van der Waals surface area contributed by atoms with Crippen LogP contribution in [0.2, 0.25) is 5.16 Å². The van der Waals surface area contributed by atoms with Gasteiger partial charge in [0.05, 0.1) is 0 Å². The highest BCUT2D eigenvalue weighted by Crippen LogP contribution is 2.25. The van der Waals surface area contributed by atoms with E-state index in [-0.39, 0.29) is 5.16 Å². The standard InChI is InChI=1S/C12H14Si2/c1-8-6-4-5-7-11(8)9(2)10(3)12(13)14/h4-7,12H,1-3H3. The fraction of sp³-hybridized carbons (Fsp3) is 0.333. The van der Waals surface area contributed by atoms with Crippen molar-refractivity contribution >= 4 is 26.1 Å². The third-order valence-electron chi connectivity index (χ3n) is 2.57. The van der Waals surface area contributed by atoms with Crippen LogP contribution in [0.15, 0.2) is 29.8 Å². The van der Waals surface area contributed by atoms with E-state index in [1.54, 1.807) is 0 Å². The average molecular weight is 214 g/mol. The lowest BCUT2D eigenvalue weighted by Gasteiger charge is -2.13. The third-order valence-corrected chi connectivity index (χ3v) is 3.44. The van der Waals surface area contributed by atoms with E-state index >= 15 is 0 Å². The second-order valence-electron chi connectivity index (χ2n) is 3.56. The van der Waals surface area contributed by atoms with Crippen molar-refractivity contribution in [2.75, 3.05) is 0 Å². The molecule has 0 aromatic heterocycles. The van der Waals surface area contributed by atoms with Crippen LogP contribution < -0.4 is 0 Å². The van der Waals surface area contributed by atoms with Crippen LogP contribution >= 0.6 is 0 Å². The summed E-state index contributed by atoms with van der Waals surface area (Å²) >= 11 is 0. The Morgan fingerprint density at radius 3 is 2.21 bits per heavy atom. The quantitative estimate of drug-likeness (QED) is 0.664. The summed E-state index contributed by atoms with van der Waals surface area (Å²) in [5, 5.41) is 0.245. The molecule has 0 N–H and O–H groups in total. The fourth-order valence-corrected chi connectivity index (χ4v) is 1.86. The molecule has 70 valence electrons. The van der Waals surface area contributed by atoms with Crippen molar-refractivity contribution in [2.24, 2.45) is 0 Å². The molecule has 0 aliphatic rings. The minimum Gasteiger partial charge on any atom is -0.0734 e. The predicted octanol–water partition coefficient (Wildman–Crippen LogP) is 2.87. The Balaban J connectivity index is 3.18. The van der Waals surface area contributed by atoms with Gasteiger partial charge in [-0.15, -0.1) is 0 Å². The number of benzene rings is 1. The first kappa shape index (κ1) is 11.5. The predicted molar refractivity (Wildman–Crippen MR) is 64.7 cm³/mol. The Bertz CT molecular complexity index is 351. The van der Waals surface area contributed by atoms with Gasteiger partial charge in [-0.1, -0.05) is 29.8 Å². The largest absolute Gasteiger partial charge is 0.0734 e. The maximum atomic E-state index is 3.57. The van der Waals surface area contributed by atoms with E-state index in [0.29, 0.717) is 0 Å². The Morgan fingerprint density at radius 1 is 1.14 bits per heavy atom. The summed E-state index contributed by atoms with van der Waals surface area (Å²) in [6.07, 6.45) is 0. The van der Waals surface area contributed by atoms with Gasteiger partial charge in [-0.3, -0.25) is 0 Å². The van der Waals surface area contributed by atoms with Crippen LogP contribution in [0.25, 0.3) is 5.57 Å². The average Bonchev–Trinajstić information content (AvgIpc) is 2.16. The van der Waals surface area contributed by atoms with Gasteiger partial charge in [0, 0.05) is 20.5 Å². The Labute approximate surface area is 93.3 Å². The molecule has 0 saturated carbocycles. The molecule has 0 bridgehead atoms. The van der Waals surface area contributed by atoms with E-state index in [2.05, 4.69) is 65.5 Å². The number of hydrogen-bond acceptors (Lipinski definition) is 0. The van der Waals surface area contributed by atoms with E-state index in [0.717, 1.165) is 0 Å². The molecule has 1 rings (SSSR count). The summed E-state index contributed by atoms with van der Waals surface area (Å²) in [7, 11) is 7.14. The van der Waals surface area contributed by atoms with Crippen LogP contribution in [-0.2, 0) is 0 Å². The minimum atomic E-state index is 0.245. The van der Waals surface area contributed by atoms with Gasteiger partial charge in [0.25, 0.3) is 0 Å². The first-order valence-electron chi connectivity index (χ1n) is 4.69. The molecule has 0 heterocycles. The number of rotatable bonds is 2. The molecule has 0 amide bonds. The molecule has 0 fully saturated rings. The molecule has 6 radical (unpaired) electrons. The molecule has 2 heteroatoms. The second-order valence-corrected chi connectivity index (χ2v) is 5.29. The van der Waals surface area contributed by atoms with Crippen molar-refractivity contribution in [3.05, 3.63) is 41.0 Å².